The van der Waals surface area contributed by atoms with Crippen LogP contribution in [0.4, 0.5) is 5.69 Å². The predicted molar refractivity (Wildman–Crippen MR) is 77.3 cm³/mol. The van der Waals surface area contributed by atoms with Crippen molar-refractivity contribution >= 4 is 27.5 Å². The average molecular weight is 323 g/mol. The van der Waals surface area contributed by atoms with Crippen molar-refractivity contribution in [3.63, 3.8) is 0 Å². The van der Waals surface area contributed by atoms with Gasteiger partial charge in [0.25, 0.3) is 0 Å². The molecule has 100 valence electrons. The van der Waals surface area contributed by atoms with Crippen LogP contribution in [0.1, 0.15) is 13.8 Å². The van der Waals surface area contributed by atoms with Crippen LogP contribution < -0.4 is 4.90 Å². The number of amides is 1. The molecule has 0 bridgehead atoms. The van der Waals surface area contributed by atoms with Crippen LogP contribution in [-0.4, -0.2) is 27.7 Å². The van der Waals surface area contributed by atoms with Gasteiger partial charge in [-0.3, -0.25) is 9.78 Å². The van der Waals surface area contributed by atoms with Gasteiger partial charge in [-0.2, -0.15) is 5.10 Å². The molecule has 0 aliphatic carbocycles. The third-order valence-electron chi connectivity index (χ3n) is 2.77. The number of anilines is 1. The van der Waals surface area contributed by atoms with E-state index in [4.69, 9.17) is 0 Å². The van der Waals surface area contributed by atoms with Gasteiger partial charge in [0.05, 0.1) is 23.8 Å². The molecule has 5 nitrogen and oxygen atoms in total. The maximum atomic E-state index is 12.0. The lowest BCUT2D eigenvalue weighted by Gasteiger charge is -2.18. The summed E-state index contributed by atoms with van der Waals surface area (Å²) in [5.41, 5.74) is 1.58. The van der Waals surface area contributed by atoms with Gasteiger partial charge in [0, 0.05) is 19.2 Å². The van der Waals surface area contributed by atoms with E-state index in [0.29, 0.717) is 0 Å². The Kier molecular flexibility index (Phi) is 3.99. The summed E-state index contributed by atoms with van der Waals surface area (Å²) in [6.45, 7) is 3.75. The fourth-order valence-corrected chi connectivity index (χ4v) is 2.38. The summed E-state index contributed by atoms with van der Waals surface area (Å²) < 4.78 is 2.43. The first-order valence-corrected chi connectivity index (χ1v) is 6.73. The molecular formula is C13H15BrN4O. The summed E-state index contributed by atoms with van der Waals surface area (Å²) in [4.78, 5) is 17.7. The zero-order valence-electron chi connectivity index (χ0n) is 11.0. The van der Waals surface area contributed by atoms with E-state index < -0.39 is 0 Å². The first-order chi connectivity index (χ1) is 9.02. The Balaban J connectivity index is 2.36. The number of halogens is 1. The number of pyridine rings is 1. The van der Waals surface area contributed by atoms with Crippen molar-refractivity contribution in [2.24, 2.45) is 5.92 Å². The Hall–Kier alpha value is -1.69. The Bertz CT molecular complexity index is 580. The molecule has 0 N–H and O–H groups in total. The lowest BCUT2D eigenvalue weighted by atomic mass is 10.2. The zero-order chi connectivity index (χ0) is 14.0. The second kappa shape index (κ2) is 5.52. The molecular weight excluding hydrogens is 308 g/mol. The summed E-state index contributed by atoms with van der Waals surface area (Å²) in [5.74, 6) is -0.00919. The third kappa shape index (κ3) is 2.68. The highest BCUT2D eigenvalue weighted by molar-refractivity contribution is 9.10. The molecule has 2 aromatic heterocycles. The van der Waals surface area contributed by atoms with Crippen molar-refractivity contribution in [3.05, 3.63) is 35.3 Å². The van der Waals surface area contributed by atoms with E-state index in [1.807, 2.05) is 26.0 Å². The topological polar surface area (TPSA) is 51.0 Å². The minimum absolute atomic E-state index is 0.0476. The smallest absolute Gasteiger partial charge is 0.229 e. The third-order valence-corrected chi connectivity index (χ3v) is 3.51. The number of carbonyl (C=O) groups excluding carboxylic acids is 1. The van der Waals surface area contributed by atoms with Gasteiger partial charge in [-0.25, -0.2) is 4.68 Å². The molecule has 2 heterocycles. The molecule has 1 amide bonds. The summed E-state index contributed by atoms with van der Waals surface area (Å²) in [6.07, 6.45) is 5.08. The number of hydrogen-bond donors (Lipinski definition) is 0. The quantitative estimate of drug-likeness (QED) is 0.872. The molecule has 2 aromatic rings. The molecule has 0 spiro atoms. The van der Waals surface area contributed by atoms with E-state index >= 15 is 0 Å². The van der Waals surface area contributed by atoms with Crippen LogP contribution in [0, 0.1) is 5.92 Å². The SMILES string of the molecule is CC(C)C(=O)N(C)c1cnn(-c2cccnc2)c1Br. The first-order valence-electron chi connectivity index (χ1n) is 5.94. The van der Waals surface area contributed by atoms with Crippen LogP contribution in [0.15, 0.2) is 35.3 Å². The maximum absolute atomic E-state index is 12.0. The van der Waals surface area contributed by atoms with E-state index in [-0.39, 0.29) is 11.8 Å². The van der Waals surface area contributed by atoms with Gasteiger partial charge < -0.3 is 4.90 Å². The molecule has 0 saturated heterocycles. The molecule has 6 heteroatoms. The van der Waals surface area contributed by atoms with E-state index in [2.05, 4.69) is 26.0 Å². The molecule has 0 aliphatic heterocycles. The van der Waals surface area contributed by atoms with E-state index in [1.165, 1.54) is 0 Å². The van der Waals surface area contributed by atoms with Crippen molar-refractivity contribution in [1.82, 2.24) is 14.8 Å². The summed E-state index contributed by atoms with van der Waals surface area (Å²) in [5, 5.41) is 4.28. The van der Waals surface area contributed by atoms with Gasteiger partial charge >= 0.3 is 0 Å². The predicted octanol–water partition coefficient (Wildman–Crippen LogP) is 2.65. The van der Waals surface area contributed by atoms with E-state index in [0.717, 1.165) is 16.0 Å². The monoisotopic (exact) mass is 322 g/mol. The van der Waals surface area contributed by atoms with Crippen LogP contribution in [0.5, 0.6) is 0 Å². The Morgan fingerprint density at radius 3 is 2.74 bits per heavy atom. The van der Waals surface area contributed by atoms with E-state index in [1.54, 1.807) is 35.2 Å². The van der Waals surface area contributed by atoms with Crippen molar-refractivity contribution in [3.8, 4) is 5.69 Å². The molecule has 19 heavy (non-hydrogen) atoms. The average Bonchev–Trinajstić information content (AvgIpc) is 2.79. The van der Waals surface area contributed by atoms with Crippen LogP contribution in [-0.2, 0) is 4.79 Å². The number of carbonyl (C=O) groups is 1. The lowest BCUT2D eigenvalue weighted by molar-refractivity contribution is -0.121. The van der Waals surface area contributed by atoms with Gasteiger partial charge in [0.1, 0.15) is 4.60 Å². The van der Waals surface area contributed by atoms with Gasteiger partial charge in [-0.1, -0.05) is 13.8 Å². The highest BCUT2D eigenvalue weighted by atomic mass is 79.9. The Morgan fingerprint density at radius 2 is 2.16 bits per heavy atom. The summed E-state index contributed by atoms with van der Waals surface area (Å²) >= 11 is 3.48. The highest BCUT2D eigenvalue weighted by Gasteiger charge is 2.20. The number of hydrogen-bond acceptors (Lipinski definition) is 3. The van der Waals surface area contributed by atoms with Crippen molar-refractivity contribution < 1.29 is 4.79 Å². The maximum Gasteiger partial charge on any atom is 0.229 e. The van der Waals surface area contributed by atoms with Gasteiger partial charge in [-0.05, 0) is 28.1 Å². The minimum Gasteiger partial charge on any atom is -0.311 e. The first kappa shape index (κ1) is 13.7. The molecule has 0 atom stereocenters. The zero-order valence-corrected chi connectivity index (χ0v) is 12.6. The van der Waals surface area contributed by atoms with Crippen LogP contribution in [0.25, 0.3) is 5.69 Å². The second-order valence-electron chi connectivity index (χ2n) is 4.50. The minimum atomic E-state index is -0.0568. The highest BCUT2D eigenvalue weighted by Crippen LogP contribution is 2.28. The molecule has 2 rings (SSSR count). The molecule has 0 aromatic carbocycles. The fourth-order valence-electron chi connectivity index (χ4n) is 1.71. The van der Waals surface area contributed by atoms with E-state index in [9.17, 15) is 4.79 Å². The largest absolute Gasteiger partial charge is 0.311 e. The Labute approximate surface area is 120 Å². The number of nitrogens with zero attached hydrogens (tertiary/aromatic N) is 4. The molecule has 0 radical (unpaired) electrons. The van der Waals surface area contributed by atoms with Crippen molar-refractivity contribution in [1.29, 1.82) is 0 Å². The van der Waals surface area contributed by atoms with Crippen LogP contribution in [0.3, 0.4) is 0 Å². The normalized spacial score (nSPS) is 10.8. The van der Waals surface area contributed by atoms with Crippen molar-refractivity contribution in [2.45, 2.75) is 13.8 Å². The van der Waals surface area contributed by atoms with Gasteiger partial charge in [-0.15, -0.1) is 0 Å². The summed E-state index contributed by atoms with van der Waals surface area (Å²) in [6, 6.07) is 3.74. The Morgan fingerprint density at radius 1 is 1.42 bits per heavy atom. The van der Waals surface area contributed by atoms with Gasteiger partial charge in [0.2, 0.25) is 5.91 Å². The standard InChI is InChI=1S/C13H15BrN4O/c1-9(2)13(19)17(3)11-8-16-18(12(11)14)10-5-4-6-15-7-10/h4-9H,1-3H3. The molecule has 0 saturated carbocycles. The molecule has 0 aliphatic rings. The number of aromatic nitrogens is 3. The molecule has 0 unspecified atom stereocenters. The van der Waals surface area contributed by atoms with Crippen LogP contribution >= 0.6 is 15.9 Å². The fraction of sp³-hybridized carbons (Fsp3) is 0.308. The summed E-state index contributed by atoms with van der Waals surface area (Å²) in [7, 11) is 1.75. The van der Waals surface area contributed by atoms with Crippen LogP contribution in [0.2, 0.25) is 0 Å². The second-order valence-corrected chi connectivity index (χ2v) is 5.25. The van der Waals surface area contributed by atoms with Crippen molar-refractivity contribution in [2.75, 3.05) is 11.9 Å². The number of rotatable bonds is 3. The lowest BCUT2D eigenvalue weighted by Crippen LogP contribution is -2.30. The van der Waals surface area contributed by atoms with Gasteiger partial charge in [0.15, 0.2) is 0 Å². The molecule has 0 fully saturated rings.